The maximum atomic E-state index is 6.14. The van der Waals surface area contributed by atoms with Crippen molar-refractivity contribution in [1.29, 1.82) is 0 Å². The number of rotatable bonds is 2. The first-order valence-corrected chi connectivity index (χ1v) is 6.28. The molecule has 3 nitrogen and oxygen atoms in total. The summed E-state index contributed by atoms with van der Waals surface area (Å²) in [6, 6.07) is 5.75. The molecule has 0 radical (unpaired) electrons. The number of aromatic nitrogens is 3. The van der Waals surface area contributed by atoms with Crippen LogP contribution in [0.2, 0.25) is 5.15 Å². The molecule has 2 aromatic heterocycles. The molecule has 2 aromatic rings. The molecule has 82 valence electrons. The highest BCUT2D eigenvalue weighted by Gasteiger charge is 2.27. The van der Waals surface area contributed by atoms with Crippen molar-refractivity contribution >= 4 is 27.5 Å². The van der Waals surface area contributed by atoms with Crippen LogP contribution in [0.1, 0.15) is 24.5 Å². The molecule has 2 heterocycles. The molecule has 5 heteroatoms. The van der Waals surface area contributed by atoms with Crippen LogP contribution in [0.25, 0.3) is 5.82 Å². The minimum absolute atomic E-state index is 0.606. The van der Waals surface area contributed by atoms with Gasteiger partial charge in [-0.1, -0.05) is 11.6 Å². The Balaban J connectivity index is 2.01. The predicted molar refractivity (Wildman–Crippen MR) is 66.0 cm³/mol. The van der Waals surface area contributed by atoms with Crippen LogP contribution in [-0.2, 0) is 0 Å². The van der Waals surface area contributed by atoms with Gasteiger partial charge in [0.15, 0.2) is 5.82 Å². The van der Waals surface area contributed by atoms with E-state index in [9.17, 15) is 0 Å². The lowest BCUT2D eigenvalue weighted by molar-refractivity contribution is 0.813. The minimum atomic E-state index is 0.606. The van der Waals surface area contributed by atoms with Crippen LogP contribution < -0.4 is 0 Å². The average molecular weight is 299 g/mol. The monoisotopic (exact) mass is 297 g/mol. The number of nitrogens with zero attached hydrogens (tertiary/aromatic N) is 3. The van der Waals surface area contributed by atoms with Crippen molar-refractivity contribution < 1.29 is 0 Å². The minimum Gasteiger partial charge on any atom is -0.236 e. The average Bonchev–Trinajstić information content (AvgIpc) is 3.04. The highest BCUT2D eigenvalue weighted by atomic mass is 79.9. The number of hydrogen-bond acceptors (Lipinski definition) is 2. The number of pyridine rings is 1. The van der Waals surface area contributed by atoms with Crippen molar-refractivity contribution in [3.05, 3.63) is 39.7 Å². The summed E-state index contributed by atoms with van der Waals surface area (Å²) in [5.74, 6) is 1.36. The molecule has 0 saturated heterocycles. The van der Waals surface area contributed by atoms with Crippen LogP contribution in [-0.4, -0.2) is 14.8 Å². The summed E-state index contributed by atoms with van der Waals surface area (Å²) in [7, 11) is 0. The van der Waals surface area contributed by atoms with Crippen LogP contribution >= 0.6 is 27.5 Å². The van der Waals surface area contributed by atoms with Gasteiger partial charge in [-0.2, -0.15) is 5.10 Å². The Hall–Kier alpha value is -0.870. The van der Waals surface area contributed by atoms with Crippen molar-refractivity contribution in [3.63, 3.8) is 0 Å². The Bertz CT molecular complexity index is 517. The Kier molecular flexibility index (Phi) is 2.48. The maximum Gasteiger partial charge on any atom is 0.155 e. The van der Waals surface area contributed by atoms with Crippen molar-refractivity contribution in [3.8, 4) is 5.82 Å². The highest BCUT2D eigenvalue weighted by Crippen LogP contribution is 2.40. The fraction of sp³-hybridized carbons (Fsp3) is 0.273. The van der Waals surface area contributed by atoms with Crippen molar-refractivity contribution in [1.82, 2.24) is 14.8 Å². The second-order valence-electron chi connectivity index (χ2n) is 3.91. The second-order valence-corrected chi connectivity index (χ2v) is 5.22. The van der Waals surface area contributed by atoms with E-state index in [4.69, 9.17) is 11.6 Å². The van der Waals surface area contributed by atoms with Crippen LogP contribution in [0.4, 0.5) is 0 Å². The zero-order valence-electron chi connectivity index (χ0n) is 8.40. The lowest BCUT2D eigenvalue weighted by atomic mass is 10.3. The highest BCUT2D eigenvalue weighted by molar-refractivity contribution is 9.10. The lowest BCUT2D eigenvalue weighted by Crippen LogP contribution is -1.99. The largest absolute Gasteiger partial charge is 0.236 e. The van der Waals surface area contributed by atoms with Crippen LogP contribution in [0, 0.1) is 0 Å². The SMILES string of the molecule is Clc1cc(C2CC2)nn1-c1ccc(Br)cn1. The molecule has 1 aliphatic carbocycles. The third-order valence-electron chi connectivity index (χ3n) is 2.61. The molecular formula is C11H9BrClN3. The van der Waals surface area contributed by atoms with E-state index in [1.807, 2.05) is 18.2 Å². The van der Waals surface area contributed by atoms with Gasteiger partial charge >= 0.3 is 0 Å². The molecule has 0 aromatic carbocycles. The maximum absolute atomic E-state index is 6.14. The zero-order chi connectivity index (χ0) is 11.1. The fourth-order valence-electron chi connectivity index (χ4n) is 1.61. The first-order chi connectivity index (χ1) is 7.74. The van der Waals surface area contributed by atoms with Crippen LogP contribution in [0.15, 0.2) is 28.9 Å². The topological polar surface area (TPSA) is 30.7 Å². The van der Waals surface area contributed by atoms with Gasteiger partial charge in [0.05, 0.1) is 5.69 Å². The summed E-state index contributed by atoms with van der Waals surface area (Å²) < 4.78 is 2.63. The summed E-state index contributed by atoms with van der Waals surface area (Å²) in [6.45, 7) is 0. The van der Waals surface area contributed by atoms with Gasteiger partial charge in [-0.25, -0.2) is 9.67 Å². The van der Waals surface area contributed by atoms with E-state index >= 15 is 0 Å². The molecule has 0 amide bonds. The molecule has 0 unspecified atom stereocenters. The number of halogens is 2. The smallest absolute Gasteiger partial charge is 0.155 e. The van der Waals surface area contributed by atoms with Gasteiger partial charge in [-0.15, -0.1) is 0 Å². The van der Waals surface area contributed by atoms with Crippen molar-refractivity contribution in [2.24, 2.45) is 0 Å². The van der Waals surface area contributed by atoms with E-state index in [1.54, 1.807) is 10.9 Å². The zero-order valence-corrected chi connectivity index (χ0v) is 10.7. The fourth-order valence-corrected chi connectivity index (χ4v) is 2.08. The summed E-state index contributed by atoms with van der Waals surface area (Å²) in [5, 5.41) is 5.10. The van der Waals surface area contributed by atoms with Crippen LogP contribution in [0.3, 0.4) is 0 Å². The molecule has 0 bridgehead atoms. The van der Waals surface area contributed by atoms with Gasteiger partial charge in [0, 0.05) is 16.6 Å². The summed E-state index contributed by atoms with van der Waals surface area (Å²) in [5.41, 5.74) is 1.08. The van der Waals surface area contributed by atoms with Crippen molar-refractivity contribution in [2.45, 2.75) is 18.8 Å². The quantitative estimate of drug-likeness (QED) is 0.849. The van der Waals surface area contributed by atoms with Gasteiger partial charge in [0.2, 0.25) is 0 Å². The molecule has 16 heavy (non-hydrogen) atoms. The second kappa shape index (κ2) is 3.86. The van der Waals surface area contributed by atoms with Gasteiger partial charge in [-0.3, -0.25) is 0 Å². The van der Waals surface area contributed by atoms with Gasteiger partial charge < -0.3 is 0 Å². The Morgan fingerprint density at radius 2 is 2.19 bits per heavy atom. The van der Waals surface area contributed by atoms with E-state index in [-0.39, 0.29) is 0 Å². The van der Waals surface area contributed by atoms with E-state index in [2.05, 4.69) is 26.0 Å². The van der Waals surface area contributed by atoms with E-state index in [0.717, 1.165) is 16.0 Å². The van der Waals surface area contributed by atoms with Gasteiger partial charge in [0.1, 0.15) is 5.15 Å². The molecule has 3 rings (SSSR count). The van der Waals surface area contributed by atoms with E-state index in [1.165, 1.54) is 12.8 Å². The first-order valence-electron chi connectivity index (χ1n) is 5.11. The summed E-state index contributed by atoms with van der Waals surface area (Å²) in [6.07, 6.45) is 4.19. The van der Waals surface area contributed by atoms with E-state index < -0.39 is 0 Å². The first kappa shape index (κ1) is 10.3. The standard InChI is InChI=1S/C11H9BrClN3/c12-8-3-4-11(14-6-8)16-10(13)5-9(15-16)7-1-2-7/h3-7H,1-2H2. The molecule has 1 fully saturated rings. The Labute approximate surface area is 107 Å². The third kappa shape index (κ3) is 1.87. The molecule has 0 aliphatic heterocycles. The van der Waals surface area contributed by atoms with Crippen molar-refractivity contribution in [2.75, 3.05) is 0 Å². The summed E-state index contributed by atoms with van der Waals surface area (Å²) >= 11 is 9.49. The molecule has 0 spiro atoms. The van der Waals surface area contributed by atoms with E-state index in [0.29, 0.717) is 11.1 Å². The lowest BCUT2D eigenvalue weighted by Gasteiger charge is -2.01. The van der Waals surface area contributed by atoms with Gasteiger partial charge in [-0.05, 0) is 47.0 Å². The normalized spacial score (nSPS) is 15.4. The summed E-state index contributed by atoms with van der Waals surface area (Å²) in [4.78, 5) is 4.27. The van der Waals surface area contributed by atoms with Crippen LogP contribution in [0.5, 0.6) is 0 Å². The molecular weight excluding hydrogens is 289 g/mol. The molecule has 0 atom stereocenters. The predicted octanol–water partition coefficient (Wildman–Crippen LogP) is 3.56. The third-order valence-corrected chi connectivity index (χ3v) is 3.35. The Morgan fingerprint density at radius 3 is 2.81 bits per heavy atom. The molecule has 0 N–H and O–H groups in total. The molecule has 1 saturated carbocycles. The molecule has 1 aliphatic rings. The van der Waals surface area contributed by atoms with Gasteiger partial charge in [0.25, 0.3) is 0 Å². The number of hydrogen-bond donors (Lipinski definition) is 0. The Morgan fingerprint density at radius 1 is 1.38 bits per heavy atom.